The summed E-state index contributed by atoms with van der Waals surface area (Å²) in [5.74, 6) is 3.34. The molecule has 0 spiro atoms. The summed E-state index contributed by atoms with van der Waals surface area (Å²) in [7, 11) is 0. The summed E-state index contributed by atoms with van der Waals surface area (Å²) in [6, 6.07) is 13.0. The molecule has 0 aliphatic carbocycles. The summed E-state index contributed by atoms with van der Waals surface area (Å²) in [4.78, 5) is 9.59. The highest BCUT2D eigenvalue weighted by molar-refractivity contribution is 5.44. The van der Waals surface area contributed by atoms with Gasteiger partial charge in [0.05, 0.1) is 52.9 Å². The van der Waals surface area contributed by atoms with Crippen molar-refractivity contribution in [3.8, 4) is 23.0 Å². The molecule has 12 heteroatoms. The molecule has 2 aromatic carbocycles. The lowest BCUT2D eigenvalue weighted by Gasteiger charge is -2.27. The van der Waals surface area contributed by atoms with Gasteiger partial charge in [0.2, 0.25) is 0 Å². The zero-order chi connectivity index (χ0) is 35.5. The van der Waals surface area contributed by atoms with Crippen LogP contribution >= 0.6 is 0 Å². The predicted octanol–water partition coefficient (Wildman–Crippen LogP) is 3.10. The van der Waals surface area contributed by atoms with Crippen LogP contribution < -0.4 is 18.9 Å². The second-order valence-corrected chi connectivity index (χ2v) is 14.0. The number of benzene rings is 2. The van der Waals surface area contributed by atoms with Crippen molar-refractivity contribution in [1.82, 2.24) is 19.6 Å². The molecule has 4 aliphatic heterocycles. The second kappa shape index (κ2) is 22.5. The van der Waals surface area contributed by atoms with Crippen LogP contribution in [0.25, 0.3) is 0 Å². The van der Waals surface area contributed by atoms with Crippen LogP contribution in [0.5, 0.6) is 23.0 Å². The Balaban J connectivity index is 0.996. The maximum atomic E-state index is 6.37. The summed E-state index contributed by atoms with van der Waals surface area (Å²) in [5, 5.41) is 0. The van der Waals surface area contributed by atoms with Crippen molar-refractivity contribution in [2.24, 2.45) is 0 Å². The Morgan fingerprint density at radius 2 is 0.673 bits per heavy atom. The van der Waals surface area contributed by atoms with Gasteiger partial charge < -0.3 is 37.9 Å². The first-order valence-corrected chi connectivity index (χ1v) is 19.8. The summed E-state index contributed by atoms with van der Waals surface area (Å²) < 4.78 is 47.3. The lowest BCUT2D eigenvalue weighted by atomic mass is 10.0. The lowest BCUT2D eigenvalue weighted by Crippen LogP contribution is -2.39. The fourth-order valence-corrected chi connectivity index (χ4v) is 6.98. The molecule has 0 saturated carbocycles. The maximum Gasteiger partial charge on any atom is 0.161 e. The SMILES string of the molecule is c1cc(OCCN2CCOCC2)c(OCCN2CCOCC2)cc1CCCCc1ccc(OCCN2CCOCC2)c(OCCN2CCOCC2)c1. The molecule has 4 aliphatic rings. The number of unbranched alkanes of at least 4 members (excludes halogenated alkanes) is 1. The zero-order valence-electron chi connectivity index (χ0n) is 31.3. The minimum Gasteiger partial charge on any atom is -0.488 e. The molecule has 0 aromatic heterocycles. The van der Waals surface area contributed by atoms with Gasteiger partial charge in [0.15, 0.2) is 23.0 Å². The van der Waals surface area contributed by atoms with Gasteiger partial charge in [-0.05, 0) is 61.1 Å². The number of ether oxygens (including phenoxy) is 8. The molecule has 0 amide bonds. The molecule has 4 fully saturated rings. The van der Waals surface area contributed by atoms with E-state index in [4.69, 9.17) is 37.9 Å². The van der Waals surface area contributed by atoms with E-state index >= 15 is 0 Å². The first-order chi connectivity index (χ1) is 25.8. The summed E-state index contributed by atoms with van der Waals surface area (Å²) >= 11 is 0. The third-order valence-electron chi connectivity index (χ3n) is 10.3. The smallest absolute Gasteiger partial charge is 0.161 e. The van der Waals surface area contributed by atoms with E-state index < -0.39 is 0 Å². The fraction of sp³-hybridized carbons (Fsp3) is 0.700. The van der Waals surface area contributed by atoms with Gasteiger partial charge in [0, 0.05) is 78.5 Å². The highest BCUT2D eigenvalue weighted by atomic mass is 16.5. The molecule has 0 atom stereocenters. The summed E-state index contributed by atoms with van der Waals surface area (Å²) in [6.07, 6.45) is 4.13. The van der Waals surface area contributed by atoms with E-state index in [1.807, 2.05) is 0 Å². The van der Waals surface area contributed by atoms with Gasteiger partial charge in [-0.2, -0.15) is 0 Å². The molecule has 4 saturated heterocycles. The second-order valence-electron chi connectivity index (χ2n) is 14.0. The van der Waals surface area contributed by atoms with Crippen molar-refractivity contribution >= 4 is 0 Å². The van der Waals surface area contributed by atoms with Crippen molar-refractivity contribution in [2.45, 2.75) is 25.7 Å². The lowest BCUT2D eigenvalue weighted by molar-refractivity contribution is 0.0305. The van der Waals surface area contributed by atoms with Gasteiger partial charge in [0.25, 0.3) is 0 Å². The maximum absolute atomic E-state index is 6.37. The van der Waals surface area contributed by atoms with Crippen LogP contribution in [0, 0.1) is 0 Å². The molecular formula is C40H62N4O8. The standard InChI is InChI=1S/C40H62N4O8/c1(3-35-5-7-37(49-29-17-41-9-21-45-22-10-41)39(33-35)51-31-19-43-13-25-47-26-14-43)2-4-36-6-8-38(50-30-18-42-11-23-46-24-12-42)40(34-36)52-32-20-44-15-27-48-28-16-44/h5-8,33-34H,1-4,9-32H2. The van der Waals surface area contributed by atoms with Crippen molar-refractivity contribution in [3.63, 3.8) is 0 Å². The normalized spacial score (nSPS) is 19.8. The first-order valence-electron chi connectivity index (χ1n) is 19.8. The van der Waals surface area contributed by atoms with E-state index in [-0.39, 0.29) is 0 Å². The Bertz CT molecular complexity index is 1180. The molecular weight excluding hydrogens is 664 g/mol. The van der Waals surface area contributed by atoms with E-state index in [2.05, 4.69) is 56.0 Å². The number of rotatable bonds is 21. The van der Waals surface area contributed by atoms with E-state index in [0.717, 1.165) is 180 Å². The third-order valence-corrected chi connectivity index (χ3v) is 10.3. The van der Waals surface area contributed by atoms with Crippen LogP contribution in [0.4, 0.5) is 0 Å². The van der Waals surface area contributed by atoms with Crippen molar-refractivity contribution in [3.05, 3.63) is 47.5 Å². The number of hydrogen-bond acceptors (Lipinski definition) is 12. The molecule has 290 valence electrons. The van der Waals surface area contributed by atoms with Crippen LogP contribution in [0.2, 0.25) is 0 Å². The van der Waals surface area contributed by atoms with Crippen LogP contribution in [-0.2, 0) is 31.8 Å². The molecule has 0 N–H and O–H groups in total. The van der Waals surface area contributed by atoms with Gasteiger partial charge >= 0.3 is 0 Å². The third kappa shape index (κ3) is 13.6. The van der Waals surface area contributed by atoms with Crippen LogP contribution in [0.3, 0.4) is 0 Å². The Morgan fingerprint density at radius 3 is 0.981 bits per heavy atom. The van der Waals surface area contributed by atoms with E-state index in [9.17, 15) is 0 Å². The van der Waals surface area contributed by atoms with Gasteiger partial charge in [0.1, 0.15) is 26.4 Å². The Morgan fingerprint density at radius 1 is 0.385 bits per heavy atom. The van der Waals surface area contributed by atoms with E-state index in [1.54, 1.807) is 0 Å². The molecule has 6 rings (SSSR count). The number of morpholine rings is 4. The Kier molecular flexibility index (Phi) is 16.9. The Hall–Kier alpha value is -2.68. The van der Waals surface area contributed by atoms with Gasteiger partial charge in [-0.3, -0.25) is 19.6 Å². The minimum atomic E-state index is 0.632. The molecule has 12 nitrogen and oxygen atoms in total. The molecule has 52 heavy (non-hydrogen) atoms. The van der Waals surface area contributed by atoms with Crippen LogP contribution in [0.15, 0.2) is 36.4 Å². The van der Waals surface area contributed by atoms with Crippen LogP contribution in [-0.4, -0.2) is 177 Å². The van der Waals surface area contributed by atoms with Gasteiger partial charge in [-0.15, -0.1) is 0 Å². The molecule has 4 heterocycles. The highest BCUT2D eigenvalue weighted by Crippen LogP contribution is 2.31. The van der Waals surface area contributed by atoms with Crippen LogP contribution in [0.1, 0.15) is 24.0 Å². The molecule has 0 bridgehead atoms. The quantitative estimate of drug-likeness (QED) is 0.177. The number of hydrogen-bond donors (Lipinski definition) is 0. The van der Waals surface area contributed by atoms with Gasteiger partial charge in [-0.25, -0.2) is 0 Å². The average Bonchev–Trinajstić information content (AvgIpc) is 3.19. The van der Waals surface area contributed by atoms with E-state index in [1.165, 1.54) is 11.1 Å². The predicted molar refractivity (Wildman–Crippen MR) is 201 cm³/mol. The zero-order valence-corrected chi connectivity index (χ0v) is 31.3. The van der Waals surface area contributed by atoms with Crippen molar-refractivity contribution in [1.29, 1.82) is 0 Å². The van der Waals surface area contributed by atoms with Crippen molar-refractivity contribution in [2.75, 3.05) is 158 Å². The molecule has 0 unspecified atom stereocenters. The summed E-state index contributed by atoms with van der Waals surface area (Å²) in [6.45, 7) is 20.1. The topological polar surface area (TPSA) is 86.8 Å². The largest absolute Gasteiger partial charge is 0.488 e. The first kappa shape index (κ1) is 39.0. The van der Waals surface area contributed by atoms with Gasteiger partial charge in [-0.1, -0.05) is 12.1 Å². The monoisotopic (exact) mass is 726 g/mol. The van der Waals surface area contributed by atoms with E-state index in [0.29, 0.717) is 26.4 Å². The Labute approximate surface area is 311 Å². The average molecular weight is 727 g/mol. The minimum absolute atomic E-state index is 0.632. The molecule has 0 radical (unpaired) electrons. The number of nitrogens with zero attached hydrogens (tertiary/aromatic N) is 4. The van der Waals surface area contributed by atoms with Crippen molar-refractivity contribution < 1.29 is 37.9 Å². The number of aryl methyl sites for hydroxylation is 2. The summed E-state index contributed by atoms with van der Waals surface area (Å²) in [5.41, 5.74) is 2.55. The highest BCUT2D eigenvalue weighted by Gasteiger charge is 2.16. The molecule has 2 aromatic rings. The fourth-order valence-electron chi connectivity index (χ4n) is 6.98.